The Morgan fingerprint density at radius 2 is 2.06 bits per heavy atom. The molecule has 1 aliphatic heterocycles. The smallest absolute Gasteiger partial charge is 0.246 e. The molecule has 100 valence electrons. The van der Waals surface area contributed by atoms with Crippen molar-refractivity contribution in [3.63, 3.8) is 0 Å². The summed E-state index contributed by atoms with van der Waals surface area (Å²) in [5, 5.41) is 2.96. The fourth-order valence-electron chi connectivity index (χ4n) is 2.06. The second kappa shape index (κ2) is 7.67. The third-order valence-corrected chi connectivity index (χ3v) is 3.29. The Bertz CT molecular complexity index is 223. The molecule has 1 N–H and O–H groups in total. The molecule has 0 unspecified atom stereocenters. The number of ether oxygens (including phenoxy) is 1. The molecule has 4 nitrogen and oxygen atoms in total. The molecule has 0 spiro atoms. The van der Waals surface area contributed by atoms with Crippen molar-refractivity contribution in [2.75, 3.05) is 32.8 Å². The highest BCUT2D eigenvalue weighted by atomic mass is 16.5. The largest absolute Gasteiger partial charge is 0.369 e. The van der Waals surface area contributed by atoms with Crippen molar-refractivity contribution in [3.05, 3.63) is 0 Å². The van der Waals surface area contributed by atoms with E-state index in [9.17, 15) is 4.79 Å². The van der Waals surface area contributed by atoms with Crippen LogP contribution in [-0.4, -0.2) is 49.7 Å². The van der Waals surface area contributed by atoms with E-state index in [1.807, 2.05) is 13.8 Å². The molecular weight excluding hydrogens is 216 g/mol. The van der Waals surface area contributed by atoms with E-state index in [4.69, 9.17) is 4.74 Å². The van der Waals surface area contributed by atoms with Crippen LogP contribution in [0.25, 0.3) is 0 Å². The van der Waals surface area contributed by atoms with E-state index in [0.717, 1.165) is 13.1 Å². The third kappa shape index (κ3) is 6.03. The SMILES string of the molecule is CCN1CCC(CNC(=O)COC(C)C)CC1. The van der Waals surface area contributed by atoms with E-state index in [1.54, 1.807) is 0 Å². The second-order valence-corrected chi connectivity index (χ2v) is 5.04. The van der Waals surface area contributed by atoms with Gasteiger partial charge in [0.25, 0.3) is 0 Å². The Kier molecular flexibility index (Phi) is 6.52. The molecule has 1 rings (SSSR count). The van der Waals surface area contributed by atoms with Crippen LogP contribution < -0.4 is 5.32 Å². The molecule has 1 aliphatic rings. The van der Waals surface area contributed by atoms with Gasteiger partial charge in [-0.05, 0) is 52.2 Å². The highest BCUT2D eigenvalue weighted by Gasteiger charge is 2.18. The average molecular weight is 242 g/mol. The number of likely N-dealkylation sites (tertiary alicyclic amines) is 1. The predicted molar refractivity (Wildman–Crippen MR) is 68.9 cm³/mol. The molecule has 0 aromatic rings. The van der Waals surface area contributed by atoms with Crippen molar-refractivity contribution in [2.45, 2.75) is 39.7 Å². The van der Waals surface area contributed by atoms with Crippen LogP contribution in [0.15, 0.2) is 0 Å². The van der Waals surface area contributed by atoms with Gasteiger partial charge in [0.2, 0.25) is 5.91 Å². The van der Waals surface area contributed by atoms with Crippen LogP contribution in [-0.2, 0) is 9.53 Å². The van der Waals surface area contributed by atoms with E-state index in [1.165, 1.54) is 25.9 Å². The number of amides is 1. The first-order chi connectivity index (χ1) is 8.11. The summed E-state index contributed by atoms with van der Waals surface area (Å²) in [6.07, 6.45) is 2.51. The zero-order chi connectivity index (χ0) is 12.7. The topological polar surface area (TPSA) is 41.6 Å². The molecule has 0 bridgehead atoms. The Balaban J connectivity index is 2.08. The third-order valence-electron chi connectivity index (χ3n) is 3.29. The summed E-state index contributed by atoms with van der Waals surface area (Å²) in [7, 11) is 0. The number of nitrogens with one attached hydrogen (secondary N) is 1. The summed E-state index contributed by atoms with van der Waals surface area (Å²) in [5.41, 5.74) is 0. The Morgan fingerprint density at radius 3 is 2.59 bits per heavy atom. The van der Waals surface area contributed by atoms with Crippen LogP contribution in [0.4, 0.5) is 0 Å². The highest BCUT2D eigenvalue weighted by Crippen LogP contribution is 2.15. The van der Waals surface area contributed by atoms with Gasteiger partial charge in [0, 0.05) is 6.54 Å². The lowest BCUT2D eigenvalue weighted by atomic mass is 9.97. The van der Waals surface area contributed by atoms with Crippen LogP contribution >= 0.6 is 0 Å². The van der Waals surface area contributed by atoms with Gasteiger partial charge in [-0.1, -0.05) is 6.92 Å². The summed E-state index contributed by atoms with van der Waals surface area (Å²) < 4.78 is 5.26. The molecule has 0 aliphatic carbocycles. The lowest BCUT2D eigenvalue weighted by Gasteiger charge is -2.31. The summed E-state index contributed by atoms with van der Waals surface area (Å²) in [4.78, 5) is 13.9. The maximum atomic E-state index is 11.5. The lowest BCUT2D eigenvalue weighted by Crippen LogP contribution is -2.39. The molecule has 4 heteroatoms. The number of piperidine rings is 1. The van der Waals surface area contributed by atoms with E-state index in [-0.39, 0.29) is 18.6 Å². The summed E-state index contributed by atoms with van der Waals surface area (Å²) in [6, 6.07) is 0. The van der Waals surface area contributed by atoms with Gasteiger partial charge in [-0.3, -0.25) is 4.79 Å². The first-order valence-corrected chi connectivity index (χ1v) is 6.72. The van der Waals surface area contributed by atoms with Crippen molar-refractivity contribution < 1.29 is 9.53 Å². The number of carbonyl (C=O) groups excluding carboxylic acids is 1. The molecule has 0 radical (unpaired) electrons. The molecule has 17 heavy (non-hydrogen) atoms. The highest BCUT2D eigenvalue weighted by molar-refractivity contribution is 5.77. The zero-order valence-corrected chi connectivity index (χ0v) is 11.4. The van der Waals surface area contributed by atoms with E-state index >= 15 is 0 Å². The quantitative estimate of drug-likeness (QED) is 0.762. The van der Waals surface area contributed by atoms with Gasteiger partial charge in [0.15, 0.2) is 0 Å². The van der Waals surface area contributed by atoms with Gasteiger partial charge >= 0.3 is 0 Å². The summed E-state index contributed by atoms with van der Waals surface area (Å²) >= 11 is 0. The maximum Gasteiger partial charge on any atom is 0.246 e. The molecule has 1 fully saturated rings. The number of hydrogen-bond donors (Lipinski definition) is 1. The first kappa shape index (κ1) is 14.5. The fraction of sp³-hybridized carbons (Fsp3) is 0.923. The van der Waals surface area contributed by atoms with Crippen molar-refractivity contribution >= 4 is 5.91 Å². The van der Waals surface area contributed by atoms with Crippen LogP contribution in [0.1, 0.15) is 33.6 Å². The molecule has 0 atom stereocenters. The Morgan fingerprint density at radius 1 is 1.41 bits per heavy atom. The second-order valence-electron chi connectivity index (χ2n) is 5.04. The average Bonchev–Trinajstić information content (AvgIpc) is 2.34. The zero-order valence-electron chi connectivity index (χ0n) is 11.4. The predicted octanol–water partition coefficient (Wildman–Crippen LogP) is 1.26. The van der Waals surface area contributed by atoms with Crippen molar-refractivity contribution in [1.82, 2.24) is 10.2 Å². The van der Waals surface area contributed by atoms with E-state index in [0.29, 0.717) is 5.92 Å². The van der Waals surface area contributed by atoms with Gasteiger partial charge in [-0.2, -0.15) is 0 Å². The van der Waals surface area contributed by atoms with Crippen molar-refractivity contribution in [3.8, 4) is 0 Å². The molecule has 0 saturated carbocycles. The number of hydrogen-bond acceptors (Lipinski definition) is 3. The standard InChI is InChI=1S/C13H26N2O2/c1-4-15-7-5-12(6-8-15)9-14-13(16)10-17-11(2)3/h11-12H,4-10H2,1-3H3,(H,14,16). The number of carbonyl (C=O) groups is 1. The van der Waals surface area contributed by atoms with E-state index in [2.05, 4.69) is 17.1 Å². The Hall–Kier alpha value is -0.610. The van der Waals surface area contributed by atoms with Crippen LogP contribution in [0, 0.1) is 5.92 Å². The summed E-state index contributed by atoms with van der Waals surface area (Å²) in [5.74, 6) is 0.650. The molecule has 1 amide bonds. The molecule has 0 aromatic heterocycles. The Labute approximate surface area is 105 Å². The number of rotatable bonds is 6. The molecular formula is C13H26N2O2. The van der Waals surface area contributed by atoms with Gasteiger partial charge < -0.3 is 15.0 Å². The molecule has 0 aromatic carbocycles. The minimum atomic E-state index is 0.0108. The van der Waals surface area contributed by atoms with Gasteiger partial charge in [0.05, 0.1) is 6.10 Å². The minimum absolute atomic E-state index is 0.0108. The first-order valence-electron chi connectivity index (χ1n) is 6.72. The van der Waals surface area contributed by atoms with E-state index < -0.39 is 0 Å². The molecule has 1 heterocycles. The fourth-order valence-corrected chi connectivity index (χ4v) is 2.06. The van der Waals surface area contributed by atoms with Gasteiger partial charge in [-0.25, -0.2) is 0 Å². The maximum absolute atomic E-state index is 11.5. The van der Waals surface area contributed by atoms with Gasteiger partial charge in [-0.15, -0.1) is 0 Å². The molecule has 1 saturated heterocycles. The lowest BCUT2D eigenvalue weighted by molar-refractivity contribution is -0.127. The normalized spacial score (nSPS) is 18.6. The monoisotopic (exact) mass is 242 g/mol. The van der Waals surface area contributed by atoms with Crippen LogP contribution in [0.2, 0.25) is 0 Å². The van der Waals surface area contributed by atoms with Crippen molar-refractivity contribution in [2.24, 2.45) is 5.92 Å². The van der Waals surface area contributed by atoms with Crippen LogP contribution in [0.3, 0.4) is 0 Å². The number of nitrogens with zero attached hydrogens (tertiary/aromatic N) is 1. The van der Waals surface area contributed by atoms with Crippen molar-refractivity contribution in [1.29, 1.82) is 0 Å². The van der Waals surface area contributed by atoms with Gasteiger partial charge in [0.1, 0.15) is 6.61 Å². The minimum Gasteiger partial charge on any atom is -0.369 e. The van der Waals surface area contributed by atoms with Crippen LogP contribution in [0.5, 0.6) is 0 Å². The summed E-state index contributed by atoms with van der Waals surface area (Å²) in [6.45, 7) is 10.5.